The van der Waals surface area contributed by atoms with Crippen LogP contribution in [0.4, 0.5) is 0 Å². The largest absolute Gasteiger partial charge is 0.350 e. The highest BCUT2D eigenvalue weighted by molar-refractivity contribution is 5.94. The van der Waals surface area contributed by atoms with Crippen LogP contribution >= 0.6 is 0 Å². The van der Waals surface area contributed by atoms with Gasteiger partial charge in [-0.3, -0.25) is 4.79 Å². The highest BCUT2D eigenvalue weighted by Crippen LogP contribution is 2.28. The van der Waals surface area contributed by atoms with E-state index < -0.39 is 0 Å². The first-order valence-electron chi connectivity index (χ1n) is 8.97. The molecule has 0 aliphatic carbocycles. The van der Waals surface area contributed by atoms with Gasteiger partial charge in [0.2, 0.25) is 0 Å². The van der Waals surface area contributed by atoms with Gasteiger partial charge in [0.15, 0.2) is 0 Å². The molecule has 1 aliphatic rings. The van der Waals surface area contributed by atoms with Crippen LogP contribution in [0.1, 0.15) is 21.6 Å². The van der Waals surface area contributed by atoms with Gasteiger partial charge in [0, 0.05) is 48.2 Å². The number of carbonyl (C=O) groups is 1. The normalized spacial score (nSPS) is 14.1. The van der Waals surface area contributed by atoms with Crippen molar-refractivity contribution in [2.75, 3.05) is 19.6 Å². The van der Waals surface area contributed by atoms with Crippen LogP contribution in [0.15, 0.2) is 54.6 Å². The summed E-state index contributed by atoms with van der Waals surface area (Å²) >= 11 is 0. The number of nitrogens with zero attached hydrogens (tertiary/aromatic N) is 1. The first-order chi connectivity index (χ1) is 12.3. The number of benzene rings is 2. The van der Waals surface area contributed by atoms with Crippen LogP contribution in [-0.2, 0) is 19.4 Å². The van der Waals surface area contributed by atoms with Crippen molar-refractivity contribution in [3.05, 3.63) is 71.4 Å². The number of nitrogens with one attached hydrogen (secondary N) is 2. The summed E-state index contributed by atoms with van der Waals surface area (Å²) in [6.45, 7) is 3.48. The van der Waals surface area contributed by atoms with Crippen LogP contribution in [0.3, 0.4) is 0 Å². The second kappa shape index (κ2) is 7.11. The zero-order valence-corrected chi connectivity index (χ0v) is 14.3. The second-order valence-electron chi connectivity index (χ2n) is 6.47. The minimum absolute atomic E-state index is 0.00943. The Balaban J connectivity index is 1.55. The SMILES string of the molecule is O=C(NCCn1c2c(c3ccccc31)CCNCC2)c1ccccc1. The molecule has 0 saturated carbocycles. The molecule has 3 aromatic rings. The van der Waals surface area contributed by atoms with Crippen LogP contribution < -0.4 is 10.6 Å². The molecule has 0 bridgehead atoms. The standard InChI is InChI=1S/C21H23N3O/c25-21(16-6-2-1-3-7-16)23-14-15-24-19-9-5-4-8-17(19)18-10-12-22-13-11-20(18)24/h1-9,22H,10-15H2,(H,23,25). The van der Waals surface area contributed by atoms with Crippen LogP contribution in [0.5, 0.6) is 0 Å². The van der Waals surface area contributed by atoms with E-state index in [0.29, 0.717) is 12.1 Å². The minimum atomic E-state index is -0.00943. The maximum atomic E-state index is 12.3. The monoisotopic (exact) mass is 333 g/mol. The van der Waals surface area contributed by atoms with E-state index >= 15 is 0 Å². The van der Waals surface area contributed by atoms with E-state index in [9.17, 15) is 4.79 Å². The number of fused-ring (bicyclic) bond motifs is 3. The van der Waals surface area contributed by atoms with Gasteiger partial charge in [-0.25, -0.2) is 0 Å². The lowest BCUT2D eigenvalue weighted by atomic mass is 10.1. The van der Waals surface area contributed by atoms with E-state index in [2.05, 4.69) is 39.5 Å². The fourth-order valence-corrected chi connectivity index (χ4v) is 3.77. The molecule has 4 heteroatoms. The molecule has 2 aromatic carbocycles. The maximum Gasteiger partial charge on any atom is 0.251 e. The summed E-state index contributed by atoms with van der Waals surface area (Å²) in [5.41, 5.74) is 4.88. The molecule has 0 unspecified atom stereocenters. The quantitative estimate of drug-likeness (QED) is 0.771. The average molecular weight is 333 g/mol. The first-order valence-corrected chi connectivity index (χ1v) is 8.97. The Morgan fingerprint density at radius 1 is 1.00 bits per heavy atom. The molecule has 1 amide bonds. The van der Waals surface area contributed by atoms with Crippen molar-refractivity contribution in [3.63, 3.8) is 0 Å². The van der Waals surface area contributed by atoms with Gasteiger partial charge in [-0.15, -0.1) is 0 Å². The molecule has 25 heavy (non-hydrogen) atoms. The van der Waals surface area contributed by atoms with Gasteiger partial charge in [-0.05, 0) is 36.7 Å². The van der Waals surface area contributed by atoms with Gasteiger partial charge >= 0.3 is 0 Å². The highest BCUT2D eigenvalue weighted by atomic mass is 16.1. The molecule has 4 nitrogen and oxygen atoms in total. The molecule has 2 heterocycles. The summed E-state index contributed by atoms with van der Waals surface area (Å²) in [5, 5.41) is 7.89. The number of hydrogen-bond acceptors (Lipinski definition) is 2. The van der Waals surface area contributed by atoms with Crippen molar-refractivity contribution in [1.29, 1.82) is 0 Å². The van der Waals surface area contributed by atoms with E-state index in [1.54, 1.807) is 0 Å². The first kappa shape index (κ1) is 15.9. The predicted molar refractivity (Wildman–Crippen MR) is 101 cm³/mol. The van der Waals surface area contributed by atoms with Crippen LogP contribution in [-0.4, -0.2) is 30.1 Å². The summed E-state index contributed by atoms with van der Waals surface area (Å²) in [6.07, 6.45) is 2.11. The minimum Gasteiger partial charge on any atom is -0.350 e. The second-order valence-corrected chi connectivity index (χ2v) is 6.47. The molecule has 0 saturated heterocycles. The van der Waals surface area contributed by atoms with Crippen LogP contribution in [0.2, 0.25) is 0 Å². The van der Waals surface area contributed by atoms with E-state index in [1.807, 2.05) is 30.3 Å². The lowest BCUT2D eigenvalue weighted by Crippen LogP contribution is -2.27. The predicted octanol–water partition coefficient (Wildman–Crippen LogP) is 2.76. The maximum absolute atomic E-state index is 12.3. The van der Waals surface area contributed by atoms with Gasteiger partial charge in [-0.1, -0.05) is 36.4 Å². The molecule has 1 aromatic heterocycles. The van der Waals surface area contributed by atoms with E-state index in [4.69, 9.17) is 0 Å². The van der Waals surface area contributed by atoms with E-state index in [1.165, 1.54) is 22.2 Å². The van der Waals surface area contributed by atoms with Crippen molar-refractivity contribution < 1.29 is 4.79 Å². The molecule has 0 radical (unpaired) electrons. The van der Waals surface area contributed by atoms with Gasteiger partial charge in [0.05, 0.1) is 0 Å². The van der Waals surface area contributed by atoms with Gasteiger partial charge < -0.3 is 15.2 Å². The highest BCUT2D eigenvalue weighted by Gasteiger charge is 2.18. The molecule has 128 valence electrons. The number of aromatic nitrogens is 1. The Kier molecular flexibility index (Phi) is 4.53. The summed E-state index contributed by atoms with van der Waals surface area (Å²) in [5.74, 6) is -0.00943. The molecule has 0 spiro atoms. The third-order valence-corrected chi connectivity index (χ3v) is 4.94. The van der Waals surface area contributed by atoms with E-state index in [-0.39, 0.29) is 5.91 Å². The summed E-state index contributed by atoms with van der Waals surface area (Å²) < 4.78 is 2.39. The average Bonchev–Trinajstić information content (AvgIpc) is 2.81. The van der Waals surface area contributed by atoms with Crippen molar-refractivity contribution in [1.82, 2.24) is 15.2 Å². The zero-order chi connectivity index (χ0) is 17.1. The van der Waals surface area contributed by atoms with Gasteiger partial charge in [0.1, 0.15) is 0 Å². The molecule has 4 rings (SSSR count). The van der Waals surface area contributed by atoms with Crippen molar-refractivity contribution in [3.8, 4) is 0 Å². The molecular weight excluding hydrogens is 310 g/mol. The Morgan fingerprint density at radius 2 is 1.76 bits per heavy atom. The number of para-hydroxylation sites is 1. The zero-order valence-electron chi connectivity index (χ0n) is 14.3. The number of carbonyl (C=O) groups excluding carboxylic acids is 1. The summed E-state index contributed by atoms with van der Waals surface area (Å²) in [7, 11) is 0. The third-order valence-electron chi connectivity index (χ3n) is 4.94. The summed E-state index contributed by atoms with van der Waals surface area (Å²) in [6, 6.07) is 18.0. The van der Waals surface area contributed by atoms with E-state index in [0.717, 1.165) is 32.5 Å². The summed E-state index contributed by atoms with van der Waals surface area (Å²) in [4.78, 5) is 12.3. The Bertz CT molecular complexity index is 883. The number of amides is 1. The fraction of sp³-hybridized carbons (Fsp3) is 0.286. The molecule has 2 N–H and O–H groups in total. The molecule has 0 fully saturated rings. The van der Waals surface area contributed by atoms with Crippen LogP contribution in [0.25, 0.3) is 10.9 Å². The van der Waals surface area contributed by atoms with Crippen LogP contribution in [0, 0.1) is 0 Å². The number of rotatable bonds is 4. The third kappa shape index (κ3) is 3.17. The lowest BCUT2D eigenvalue weighted by molar-refractivity contribution is 0.0952. The molecular formula is C21H23N3O. The van der Waals surface area contributed by atoms with Gasteiger partial charge in [-0.2, -0.15) is 0 Å². The Morgan fingerprint density at radius 3 is 2.64 bits per heavy atom. The van der Waals surface area contributed by atoms with Crippen molar-refractivity contribution in [2.45, 2.75) is 19.4 Å². The topological polar surface area (TPSA) is 46.1 Å². The van der Waals surface area contributed by atoms with Crippen molar-refractivity contribution in [2.24, 2.45) is 0 Å². The van der Waals surface area contributed by atoms with Gasteiger partial charge in [0.25, 0.3) is 5.91 Å². The Labute approximate surface area is 147 Å². The Hall–Kier alpha value is -2.59. The lowest BCUT2D eigenvalue weighted by Gasteiger charge is -2.12. The smallest absolute Gasteiger partial charge is 0.251 e. The molecule has 1 aliphatic heterocycles. The number of hydrogen-bond donors (Lipinski definition) is 2. The molecule has 0 atom stereocenters. The fourth-order valence-electron chi connectivity index (χ4n) is 3.77. The van der Waals surface area contributed by atoms with Crippen molar-refractivity contribution >= 4 is 16.8 Å².